The standard InChI is InChI=1S/C31H18N2O.C14H12N2/c1-32-20-13-14-23-30-26-18(9-5-11-22(26)33(23)17-7-3-2-4-8-17)19-10-6-12-24-27(19)31-25(34-24)16-15-21(32)29(31)28(20)30;1-16-13-10-6-5-9-12(13)14(15)11-7-3-2-4-8-11/h2-16H,1H3;2-10,15H,1H2. The summed E-state index contributed by atoms with van der Waals surface area (Å²) >= 11 is 0. The van der Waals surface area contributed by atoms with Gasteiger partial charge in [-0.15, -0.1) is 0 Å². The molecule has 0 fully saturated rings. The highest BCUT2D eigenvalue weighted by atomic mass is 16.3. The third-order valence-electron chi connectivity index (χ3n) is 10.3. The summed E-state index contributed by atoms with van der Waals surface area (Å²) in [5, 5.41) is 18.4. The SMILES string of the molecule is C=Nc1ccccc1C(=N)c1ccccc1.Cn1c2ccc3oc4cccc5c6cccc7c6c6c(c2c3c45)c1ccc6n7-c1ccccc1. The normalized spacial score (nSPS) is 11.9. The van der Waals surface area contributed by atoms with Gasteiger partial charge in [-0.05, 0) is 72.1 Å². The lowest BCUT2D eigenvalue weighted by Crippen LogP contribution is -2.00. The number of aliphatic imine (C=N–C) groups is 1. The molecule has 0 amide bonds. The fourth-order valence-corrected chi connectivity index (χ4v) is 8.12. The second kappa shape index (κ2) is 10.6. The van der Waals surface area contributed by atoms with Crippen molar-refractivity contribution in [3.8, 4) is 5.69 Å². The fourth-order valence-electron chi connectivity index (χ4n) is 8.12. The number of nitrogens with one attached hydrogen (secondary N) is 1. The van der Waals surface area contributed by atoms with E-state index in [4.69, 9.17) is 9.83 Å². The predicted octanol–water partition coefficient (Wildman–Crippen LogP) is 11.8. The van der Waals surface area contributed by atoms with Gasteiger partial charge in [-0.25, -0.2) is 0 Å². The maximum absolute atomic E-state index is 8.13. The highest BCUT2D eigenvalue weighted by Crippen LogP contribution is 2.49. The number of furan rings is 1. The van der Waals surface area contributed by atoms with Gasteiger partial charge in [0.2, 0.25) is 0 Å². The molecule has 5 heteroatoms. The summed E-state index contributed by atoms with van der Waals surface area (Å²) in [6.07, 6.45) is 0. The van der Waals surface area contributed by atoms with Crippen LogP contribution in [-0.2, 0) is 7.05 Å². The maximum atomic E-state index is 8.13. The van der Waals surface area contributed by atoms with Gasteiger partial charge in [0.1, 0.15) is 11.2 Å². The summed E-state index contributed by atoms with van der Waals surface area (Å²) in [6, 6.07) is 50.0. The first-order chi connectivity index (χ1) is 24.6. The Morgan fingerprint density at radius 3 is 1.90 bits per heavy atom. The molecule has 8 aromatic carbocycles. The molecule has 236 valence electrons. The molecule has 11 aromatic rings. The highest BCUT2D eigenvalue weighted by molar-refractivity contribution is 6.42. The molecule has 0 saturated heterocycles. The first-order valence-electron chi connectivity index (χ1n) is 16.7. The Bertz CT molecular complexity index is 3070. The zero-order valence-corrected chi connectivity index (χ0v) is 27.3. The van der Waals surface area contributed by atoms with Crippen molar-refractivity contribution >= 4 is 94.4 Å². The second-order valence-electron chi connectivity index (χ2n) is 12.8. The largest absolute Gasteiger partial charge is 0.456 e. The van der Waals surface area contributed by atoms with Gasteiger partial charge in [-0.3, -0.25) is 10.4 Å². The lowest BCUT2D eigenvalue weighted by atomic mass is 9.95. The molecule has 0 aliphatic carbocycles. The highest BCUT2D eigenvalue weighted by Gasteiger charge is 2.25. The van der Waals surface area contributed by atoms with Crippen LogP contribution in [-0.4, -0.2) is 21.6 Å². The minimum atomic E-state index is 0.476. The van der Waals surface area contributed by atoms with Crippen molar-refractivity contribution in [2.75, 3.05) is 0 Å². The van der Waals surface area contributed by atoms with Crippen molar-refractivity contribution < 1.29 is 4.42 Å². The molecule has 0 spiro atoms. The fraction of sp³-hybridized carbons (Fsp3) is 0.0222. The van der Waals surface area contributed by atoms with E-state index < -0.39 is 0 Å². The number of nitrogens with zero attached hydrogens (tertiary/aromatic N) is 3. The third kappa shape index (κ3) is 3.83. The van der Waals surface area contributed by atoms with Crippen LogP contribution in [0, 0.1) is 5.41 Å². The molecule has 0 aliphatic rings. The van der Waals surface area contributed by atoms with Crippen LogP contribution in [0.15, 0.2) is 155 Å². The van der Waals surface area contributed by atoms with Crippen LogP contribution in [0.5, 0.6) is 0 Å². The summed E-state index contributed by atoms with van der Waals surface area (Å²) in [5.74, 6) is 0. The van der Waals surface area contributed by atoms with Gasteiger partial charge in [-0.1, -0.05) is 91.0 Å². The molecule has 1 N–H and O–H groups in total. The van der Waals surface area contributed by atoms with Crippen LogP contribution in [0.2, 0.25) is 0 Å². The third-order valence-corrected chi connectivity index (χ3v) is 10.3. The Kier molecular flexibility index (Phi) is 6.02. The number of aryl methyl sites for hydroxylation is 1. The van der Waals surface area contributed by atoms with Crippen LogP contribution in [0.3, 0.4) is 0 Å². The van der Waals surface area contributed by atoms with E-state index in [1.54, 1.807) is 0 Å². The molecule has 3 heterocycles. The molecule has 0 aliphatic heterocycles. The van der Waals surface area contributed by atoms with E-state index >= 15 is 0 Å². The number of hydrogen-bond donors (Lipinski definition) is 1. The molecular formula is C45H30N4O. The number of benzene rings is 7. The number of fused-ring (bicyclic) bond motifs is 1. The van der Waals surface area contributed by atoms with E-state index in [1.165, 1.54) is 70.8 Å². The Morgan fingerprint density at radius 2 is 1.12 bits per heavy atom. The second-order valence-corrected chi connectivity index (χ2v) is 12.8. The average molecular weight is 643 g/mol. The number of para-hydroxylation sites is 2. The van der Waals surface area contributed by atoms with Gasteiger partial charge in [0, 0.05) is 67.2 Å². The summed E-state index contributed by atoms with van der Waals surface area (Å²) in [5.41, 5.74) is 11.0. The first-order valence-corrected chi connectivity index (χ1v) is 16.7. The van der Waals surface area contributed by atoms with E-state index in [9.17, 15) is 0 Å². The minimum Gasteiger partial charge on any atom is -0.456 e. The van der Waals surface area contributed by atoms with E-state index in [0.717, 1.165) is 28.0 Å². The van der Waals surface area contributed by atoms with Crippen LogP contribution in [0.1, 0.15) is 11.1 Å². The lowest BCUT2D eigenvalue weighted by molar-refractivity contribution is 0.669. The Hall–Kier alpha value is -6.72. The molecule has 3 aromatic heterocycles. The minimum absolute atomic E-state index is 0.476. The monoisotopic (exact) mass is 642 g/mol. The molecule has 11 rings (SSSR count). The van der Waals surface area contributed by atoms with E-state index in [2.05, 4.69) is 119 Å². The average Bonchev–Trinajstić information content (AvgIpc) is 3.82. The van der Waals surface area contributed by atoms with Crippen molar-refractivity contribution in [3.05, 3.63) is 157 Å². The van der Waals surface area contributed by atoms with Gasteiger partial charge < -0.3 is 13.6 Å². The smallest absolute Gasteiger partial charge is 0.136 e. The molecule has 5 nitrogen and oxygen atoms in total. The Morgan fingerprint density at radius 1 is 0.540 bits per heavy atom. The zero-order chi connectivity index (χ0) is 33.5. The molecule has 0 saturated carbocycles. The van der Waals surface area contributed by atoms with Crippen LogP contribution in [0.4, 0.5) is 5.69 Å². The summed E-state index contributed by atoms with van der Waals surface area (Å²) < 4.78 is 11.2. The van der Waals surface area contributed by atoms with Crippen molar-refractivity contribution in [2.24, 2.45) is 12.0 Å². The summed E-state index contributed by atoms with van der Waals surface area (Å²) in [4.78, 5) is 3.93. The van der Waals surface area contributed by atoms with Crippen molar-refractivity contribution in [3.63, 3.8) is 0 Å². The molecule has 50 heavy (non-hydrogen) atoms. The first kappa shape index (κ1) is 28.3. The van der Waals surface area contributed by atoms with Gasteiger partial charge in [-0.2, -0.15) is 0 Å². The molecular weight excluding hydrogens is 613 g/mol. The molecule has 0 atom stereocenters. The van der Waals surface area contributed by atoms with Crippen LogP contribution < -0.4 is 0 Å². The van der Waals surface area contributed by atoms with Crippen molar-refractivity contribution in [2.45, 2.75) is 0 Å². The topological polar surface area (TPSA) is 59.2 Å². The number of hydrogen-bond acceptors (Lipinski definition) is 3. The van der Waals surface area contributed by atoms with E-state index in [1.807, 2.05) is 54.6 Å². The maximum Gasteiger partial charge on any atom is 0.136 e. The lowest BCUT2D eigenvalue weighted by Gasteiger charge is -2.07. The Labute approximate surface area is 287 Å². The molecule has 0 bridgehead atoms. The Balaban J connectivity index is 0.000000168. The summed E-state index contributed by atoms with van der Waals surface area (Å²) in [6.45, 7) is 3.52. The predicted molar refractivity (Wildman–Crippen MR) is 210 cm³/mol. The summed E-state index contributed by atoms with van der Waals surface area (Å²) in [7, 11) is 2.18. The molecule has 0 radical (unpaired) electrons. The van der Waals surface area contributed by atoms with Crippen molar-refractivity contribution in [1.29, 1.82) is 5.41 Å². The van der Waals surface area contributed by atoms with Gasteiger partial charge in [0.05, 0.1) is 22.4 Å². The number of aromatic nitrogens is 2. The van der Waals surface area contributed by atoms with E-state index in [-0.39, 0.29) is 0 Å². The van der Waals surface area contributed by atoms with E-state index in [0.29, 0.717) is 5.71 Å². The van der Waals surface area contributed by atoms with Crippen molar-refractivity contribution in [1.82, 2.24) is 9.13 Å². The van der Waals surface area contributed by atoms with Crippen LogP contribution in [0.25, 0.3) is 82.0 Å². The van der Waals surface area contributed by atoms with Gasteiger partial charge in [0.25, 0.3) is 0 Å². The van der Waals surface area contributed by atoms with Crippen LogP contribution >= 0.6 is 0 Å². The quantitative estimate of drug-likeness (QED) is 0.191. The van der Waals surface area contributed by atoms with Gasteiger partial charge in [0.15, 0.2) is 0 Å². The number of rotatable bonds is 4. The van der Waals surface area contributed by atoms with Gasteiger partial charge >= 0.3 is 0 Å². The zero-order valence-electron chi connectivity index (χ0n) is 27.3. The molecule has 0 unspecified atom stereocenters.